The van der Waals surface area contributed by atoms with Gasteiger partial charge in [-0.25, -0.2) is 8.42 Å². The van der Waals surface area contributed by atoms with E-state index in [1.54, 1.807) is 25.1 Å². The minimum Gasteiger partial charge on any atom is -0.352 e. The van der Waals surface area contributed by atoms with Crippen LogP contribution in [-0.4, -0.2) is 43.8 Å². The molecular weight excluding hydrogens is 581 g/mol. The molecule has 0 heterocycles. The standard InChI is InChI=1S/C31H35Cl2N3O4S/c1-22-11-9-10-12-24(22)20-35(23(2)31(38)34-27-13-5-3-6-14-27)30(37)21-36(28-18-25(32)17-26(33)19-28)41(39,40)29-15-7-4-8-16-29/h4,7-12,15-19,23,27H,3,5-6,13-14,20-21H2,1-2H3,(H,34,38)/t23-/m0/s1. The average molecular weight is 617 g/mol. The minimum atomic E-state index is -4.20. The van der Waals surface area contributed by atoms with Crippen molar-refractivity contribution >= 4 is 50.7 Å². The second kappa shape index (κ2) is 13.7. The van der Waals surface area contributed by atoms with Crippen LogP contribution in [0.2, 0.25) is 10.0 Å². The van der Waals surface area contributed by atoms with Gasteiger partial charge >= 0.3 is 0 Å². The van der Waals surface area contributed by atoms with Crippen molar-refractivity contribution in [2.45, 2.75) is 69.5 Å². The number of aryl methyl sites for hydroxylation is 1. The Kier molecular flexibility index (Phi) is 10.3. The molecule has 0 aromatic heterocycles. The molecule has 1 N–H and O–H groups in total. The summed E-state index contributed by atoms with van der Waals surface area (Å²) in [6.45, 7) is 3.20. The van der Waals surface area contributed by atoms with Gasteiger partial charge in [-0.1, -0.05) is 84.9 Å². The summed E-state index contributed by atoms with van der Waals surface area (Å²) in [5.41, 5.74) is 1.97. The molecule has 3 aromatic carbocycles. The first-order chi connectivity index (χ1) is 19.6. The van der Waals surface area contributed by atoms with Crippen LogP contribution in [0.3, 0.4) is 0 Å². The van der Waals surface area contributed by atoms with Crippen molar-refractivity contribution in [3.63, 3.8) is 0 Å². The number of nitrogens with one attached hydrogen (secondary N) is 1. The highest BCUT2D eigenvalue weighted by Gasteiger charge is 2.33. The number of sulfonamides is 1. The van der Waals surface area contributed by atoms with Gasteiger partial charge in [-0.05, 0) is 68.1 Å². The first-order valence-corrected chi connectivity index (χ1v) is 15.9. The number of carbonyl (C=O) groups excluding carboxylic acids is 2. The van der Waals surface area contributed by atoms with Gasteiger partial charge in [0.15, 0.2) is 0 Å². The van der Waals surface area contributed by atoms with E-state index < -0.39 is 28.5 Å². The lowest BCUT2D eigenvalue weighted by Gasteiger charge is -2.33. The topological polar surface area (TPSA) is 86.8 Å². The number of anilines is 1. The number of halogens is 2. The maximum absolute atomic E-state index is 14.1. The highest BCUT2D eigenvalue weighted by atomic mass is 35.5. The van der Waals surface area contributed by atoms with Gasteiger partial charge in [0.05, 0.1) is 10.6 Å². The zero-order valence-corrected chi connectivity index (χ0v) is 25.6. The summed E-state index contributed by atoms with van der Waals surface area (Å²) in [5.74, 6) is -0.794. The first-order valence-electron chi connectivity index (χ1n) is 13.7. The predicted octanol–water partition coefficient (Wildman–Crippen LogP) is 6.36. The van der Waals surface area contributed by atoms with Gasteiger partial charge in [0.2, 0.25) is 11.8 Å². The summed E-state index contributed by atoms with van der Waals surface area (Å²) in [6.07, 6.45) is 5.07. The third kappa shape index (κ3) is 7.82. The number of hydrogen-bond donors (Lipinski definition) is 1. The maximum atomic E-state index is 14.1. The lowest BCUT2D eigenvalue weighted by atomic mass is 9.95. The fourth-order valence-electron chi connectivity index (χ4n) is 5.05. The van der Waals surface area contributed by atoms with E-state index in [0.29, 0.717) is 0 Å². The Bertz CT molecular complexity index is 1460. The molecular formula is C31H35Cl2N3O4S. The summed E-state index contributed by atoms with van der Waals surface area (Å²) < 4.78 is 28.8. The zero-order valence-electron chi connectivity index (χ0n) is 23.2. The van der Waals surface area contributed by atoms with Crippen molar-refractivity contribution in [1.29, 1.82) is 0 Å². The van der Waals surface area contributed by atoms with Crippen molar-refractivity contribution in [3.8, 4) is 0 Å². The fourth-order valence-corrected chi connectivity index (χ4v) is 6.99. The Morgan fingerprint density at radius 3 is 2.17 bits per heavy atom. The second-order valence-corrected chi connectivity index (χ2v) is 13.2. The molecule has 7 nitrogen and oxygen atoms in total. The highest BCUT2D eigenvalue weighted by Crippen LogP contribution is 2.30. The third-order valence-corrected chi connectivity index (χ3v) is 9.69. The number of rotatable bonds is 10. The van der Waals surface area contributed by atoms with Gasteiger partial charge < -0.3 is 10.2 Å². The summed E-state index contributed by atoms with van der Waals surface area (Å²) >= 11 is 12.5. The van der Waals surface area contributed by atoms with E-state index in [9.17, 15) is 18.0 Å². The molecule has 2 amide bonds. The summed E-state index contributed by atoms with van der Waals surface area (Å²) in [7, 11) is -4.20. The van der Waals surface area contributed by atoms with E-state index in [1.807, 2.05) is 31.2 Å². The first kappa shape index (κ1) is 30.9. The SMILES string of the molecule is Cc1ccccc1CN(C(=O)CN(c1cc(Cl)cc(Cl)c1)S(=O)(=O)c1ccccc1)[C@@H](C)C(=O)NC1CCCCC1. The van der Waals surface area contributed by atoms with E-state index in [4.69, 9.17) is 23.2 Å². The van der Waals surface area contributed by atoms with Crippen molar-refractivity contribution in [1.82, 2.24) is 10.2 Å². The second-order valence-electron chi connectivity index (χ2n) is 10.4. The normalized spacial score (nSPS) is 14.7. The minimum absolute atomic E-state index is 0.0115. The number of carbonyl (C=O) groups is 2. The van der Waals surface area contributed by atoms with Gasteiger partial charge in [-0.3, -0.25) is 13.9 Å². The molecule has 3 aromatic rings. The van der Waals surface area contributed by atoms with Crippen LogP contribution in [0.1, 0.15) is 50.2 Å². The largest absolute Gasteiger partial charge is 0.352 e. The molecule has 10 heteroatoms. The number of benzene rings is 3. The van der Waals surface area contributed by atoms with Crippen LogP contribution in [-0.2, 0) is 26.2 Å². The molecule has 0 unspecified atom stereocenters. The molecule has 1 aliphatic carbocycles. The molecule has 0 aliphatic heterocycles. The third-order valence-electron chi connectivity index (χ3n) is 7.47. The van der Waals surface area contributed by atoms with Crippen LogP contribution >= 0.6 is 23.2 Å². The Labute approximate surface area is 252 Å². The van der Waals surface area contributed by atoms with E-state index >= 15 is 0 Å². The molecule has 1 saturated carbocycles. The Balaban J connectivity index is 1.70. The molecule has 1 aliphatic rings. The van der Waals surface area contributed by atoms with E-state index in [0.717, 1.165) is 47.5 Å². The van der Waals surface area contributed by atoms with Gasteiger partial charge in [-0.15, -0.1) is 0 Å². The van der Waals surface area contributed by atoms with E-state index in [1.165, 1.54) is 35.2 Å². The number of hydrogen-bond acceptors (Lipinski definition) is 4. The molecule has 1 fully saturated rings. The number of nitrogens with zero attached hydrogens (tertiary/aromatic N) is 2. The van der Waals surface area contributed by atoms with E-state index in [-0.39, 0.29) is 39.1 Å². The van der Waals surface area contributed by atoms with Crippen LogP contribution in [0.4, 0.5) is 5.69 Å². The monoisotopic (exact) mass is 615 g/mol. The zero-order chi connectivity index (χ0) is 29.6. The lowest BCUT2D eigenvalue weighted by molar-refractivity contribution is -0.139. The van der Waals surface area contributed by atoms with Crippen LogP contribution in [0.25, 0.3) is 0 Å². The van der Waals surface area contributed by atoms with Gasteiger partial charge in [0.1, 0.15) is 12.6 Å². The van der Waals surface area contributed by atoms with Crippen LogP contribution < -0.4 is 9.62 Å². The Morgan fingerprint density at radius 1 is 0.927 bits per heavy atom. The fraction of sp³-hybridized carbons (Fsp3) is 0.355. The molecule has 4 rings (SSSR count). The summed E-state index contributed by atoms with van der Waals surface area (Å²) in [6, 6.07) is 19.1. The molecule has 41 heavy (non-hydrogen) atoms. The Hall–Kier alpha value is -3.07. The Morgan fingerprint density at radius 2 is 1.54 bits per heavy atom. The van der Waals surface area contributed by atoms with Crippen molar-refractivity contribution in [2.75, 3.05) is 10.8 Å². The highest BCUT2D eigenvalue weighted by molar-refractivity contribution is 7.92. The molecule has 0 saturated heterocycles. The summed E-state index contributed by atoms with van der Waals surface area (Å²) in [4.78, 5) is 29.0. The van der Waals surface area contributed by atoms with E-state index in [2.05, 4.69) is 5.32 Å². The van der Waals surface area contributed by atoms with Gasteiger partial charge in [0.25, 0.3) is 10.0 Å². The quantitative estimate of drug-likeness (QED) is 0.287. The van der Waals surface area contributed by atoms with Crippen LogP contribution in [0, 0.1) is 6.92 Å². The molecule has 0 radical (unpaired) electrons. The molecule has 1 atom stereocenters. The number of amides is 2. The van der Waals surface area contributed by atoms with Gasteiger partial charge in [-0.2, -0.15) is 0 Å². The van der Waals surface area contributed by atoms with Crippen molar-refractivity contribution in [3.05, 3.63) is 94.0 Å². The molecule has 218 valence electrons. The molecule has 0 spiro atoms. The summed E-state index contributed by atoms with van der Waals surface area (Å²) in [5, 5.41) is 3.56. The van der Waals surface area contributed by atoms with Crippen molar-refractivity contribution in [2.24, 2.45) is 0 Å². The average Bonchev–Trinajstić information content (AvgIpc) is 2.95. The smallest absolute Gasteiger partial charge is 0.264 e. The lowest BCUT2D eigenvalue weighted by Crippen LogP contribution is -2.53. The molecule has 0 bridgehead atoms. The maximum Gasteiger partial charge on any atom is 0.264 e. The van der Waals surface area contributed by atoms with Crippen LogP contribution in [0.5, 0.6) is 0 Å². The van der Waals surface area contributed by atoms with Gasteiger partial charge in [0, 0.05) is 22.6 Å². The van der Waals surface area contributed by atoms with Crippen molar-refractivity contribution < 1.29 is 18.0 Å². The predicted molar refractivity (Wildman–Crippen MR) is 164 cm³/mol. The van der Waals surface area contributed by atoms with Crippen LogP contribution in [0.15, 0.2) is 77.7 Å².